The number of anilines is 1. The Bertz CT molecular complexity index is 3330. The SMILES string of the molecule is COc1ccc(-c2ccc(C(=O)O)cc2)cc1.COc1ccc(-c2ccc(C(=O)Oc3cc(N(C)C)c(OC)cc3N=Nc3cc(OC(=O)c4ccc(-c5ccc(OC)cc5)cc4)c([N+](=O)[O-])cc3OC)cc2)cc1. The molecule has 0 heterocycles. The Hall–Kier alpha value is -10.0. The van der Waals surface area contributed by atoms with Gasteiger partial charge in [0.1, 0.15) is 34.4 Å². The maximum Gasteiger partial charge on any atom is 0.343 e. The number of carbonyl (C=O) groups excluding carboxylic acids is 2. The maximum atomic E-state index is 13.5. The number of nitro groups is 1. The molecule has 0 fully saturated rings. The van der Waals surface area contributed by atoms with Gasteiger partial charge in [-0.25, -0.2) is 14.4 Å². The van der Waals surface area contributed by atoms with Gasteiger partial charge < -0.3 is 43.2 Å². The number of carboxylic acid groups (broad SMARTS) is 1. The van der Waals surface area contributed by atoms with E-state index in [9.17, 15) is 24.5 Å². The monoisotopic (exact) mass is 1010 g/mol. The lowest BCUT2D eigenvalue weighted by Crippen LogP contribution is -2.12. The molecule has 0 aliphatic carbocycles. The number of benzene rings is 8. The van der Waals surface area contributed by atoms with E-state index in [-0.39, 0.29) is 34.0 Å². The zero-order chi connectivity index (χ0) is 53.6. The number of carbonyl (C=O) groups is 3. The standard InChI is InChI=1S/C44H38N4O10.C14H12O3/c1-47(2)37-25-40(57-43(49)31-11-7-27(8-12-31)29-15-19-33(53-3)20-16-29)36(23-41(37)56-6)46-45-35-24-42(38(48(51)52)26-39(35)55-5)58-44(50)32-13-9-28(10-14-32)30-17-21-34(54-4)22-18-30;1-17-13-8-6-11(7-9-13)10-2-4-12(5-3-10)14(15)16/h7-26H,1-6H3;2-9H,1H3,(H,15,16). The van der Waals surface area contributed by atoms with Gasteiger partial charge in [0.25, 0.3) is 0 Å². The third-order valence-electron chi connectivity index (χ3n) is 11.5. The molecule has 1 N–H and O–H groups in total. The molecule has 0 amide bonds. The van der Waals surface area contributed by atoms with Crippen LogP contribution in [-0.2, 0) is 0 Å². The fraction of sp³-hybridized carbons (Fsp3) is 0.121. The lowest BCUT2D eigenvalue weighted by atomic mass is 10.0. The summed E-state index contributed by atoms with van der Waals surface area (Å²) in [4.78, 5) is 50.7. The van der Waals surface area contributed by atoms with E-state index in [0.717, 1.165) is 50.9 Å². The van der Waals surface area contributed by atoms with Crippen molar-refractivity contribution in [2.24, 2.45) is 10.2 Å². The predicted molar refractivity (Wildman–Crippen MR) is 283 cm³/mol. The summed E-state index contributed by atoms with van der Waals surface area (Å²) >= 11 is 0. The molecule has 0 aliphatic rings. The Labute approximate surface area is 431 Å². The van der Waals surface area contributed by atoms with Gasteiger partial charge in [-0.2, -0.15) is 0 Å². The first kappa shape index (κ1) is 52.8. The van der Waals surface area contributed by atoms with Crippen molar-refractivity contribution in [2.75, 3.05) is 54.5 Å². The minimum Gasteiger partial charge on any atom is -0.497 e. The van der Waals surface area contributed by atoms with Gasteiger partial charge in [0.05, 0.1) is 68.9 Å². The number of carboxylic acids is 1. The van der Waals surface area contributed by atoms with Crippen LogP contribution < -0.4 is 38.1 Å². The maximum absolute atomic E-state index is 13.5. The summed E-state index contributed by atoms with van der Waals surface area (Å²) < 4.78 is 38.0. The number of ether oxygens (including phenoxy) is 7. The molecule has 0 radical (unpaired) electrons. The van der Waals surface area contributed by atoms with Gasteiger partial charge in [0.2, 0.25) is 5.75 Å². The zero-order valence-corrected chi connectivity index (χ0v) is 41.8. The van der Waals surface area contributed by atoms with Crippen molar-refractivity contribution in [1.82, 2.24) is 0 Å². The van der Waals surface area contributed by atoms with Crippen LogP contribution in [0.4, 0.5) is 22.7 Å². The largest absolute Gasteiger partial charge is 0.497 e. The number of hydrogen-bond acceptors (Lipinski definition) is 15. The van der Waals surface area contributed by atoms with E-state index in [1.165, 1.54) is 26.4 Å². The molecular formula is C58H50N4O13. The Morgan fingerprint density at radius 3 is 1.11 bits per heavy atom. The minimum absolute atomic E-state index is 0.0206. The summed E-state index contributed by atoms with van der Waals surface area (Å²) in [5.41, 5.74) is 6.40. The minimum atomic E-state index is -0.911. The number of nitrogens with zero attached hydrogens (tertiary/aromatic N) is 4. The van der Waals surface area contributed by atoms with Crippen molar-refractivity contribution in [1.29, 1.82) is 0 Å². The van der Waals surface area contributed by atoms with E-state index in [1.807, 2.05) is 72.8 Å². The van der Waals surface area contributed by atoms with E-state index in [4.69, 9.17) is 38.3 Å². The van der Waals surface area contributed by atoms with Crippen LogP contribution in [0.25, 0.3) is 33.4 Å². The molecule has 0 spiro atoms. The summed E-state index contributed by atoms with van der Waals surface area (Å²) in [6.07, 6.45) is 0. The number of azo groups is 1. The molecule has 0 atom stereocenters. The molecule has 0 aliphatic heterocycles. The van der Waals surface area contributed by atoms with E-state index in [1.54, 1.807) is 119 Å². The molecule has 8 rings (SSSR count). The van der Waals surface area contributed by atoms with Crippen molar-refractivity contribution < 1.29 is 57.6 Å². The lowest BCUT2D eigenvalue weighted by molar-refractivity contribution is -0.385. The Kier molecular flexibility index (Phi) is 17.2. The number of hydrogen-bond donors (Lipinski definition) is 1. The van der Waals surface area contributed by atoms with E-state index in [0.29, 0.717) is 22.7 Å². The fourth-order valence-corrected chi connectivity index (χ4v) is 7.39. The van der Waals surface area contributed by atoms with Gasteiger partial charge in [-0.15, -0.1) is 10.2 Å². The number of aromatic carboxylic acids is 1. The number of esters is 2. The summed E-state index contributed by atoms with van der Waals surface area (Å²) in [6, 6.07) is 48.2. The zero-order valence-electron chi connectivity index (χ0n) is 41.8. The van der Waals surface area contributed by atoms with Gasteiger partial charge in [-0.3, -0.25) is 10.1 Å². The van der Waals surface area contributed by atoms with Crippen molar-refractivity contribution in [2.45, 2.75) is 0 Å². The highest BCUT2D eigenvalue weighted by Crippen LogP contribution is 2.44. The van der Waals surface area contributed by atoms with Crippen LogP contribution in [0.2, 0.25) is 0 Å². The molecule has 0 saturated carbocycles. The normalized spacial score (nSPS) is 10.6. The van der Waals surface area contributed by atoms with E-state index >= 15 is 0 Å². The average molecular weight is 1010 g/mol. The topological polar surface area (TPSA) is 207 Å². The summed E-state index contributed by atoms with van der Waals surface area (Å²) in [7, 11) is 11.2. The smallest absolute Gasteiger partial charge is 0.343 e. The third-order valence-corrected chi connectivity index (χ3v) is 11.5. The lowest BCUT2D eigenvalue weighted by Gasteiger charge is -2.18. The van der Waals surface area contributed by atoms with Crippen LogP contribution in [0, 0.1) is 10.1 Å². The first-order valence-electron chi connectivity index (χ1n) is 22.8. The highest BCUT2D eigenvalue weighted by Gasteiger charge is 2.24. The van der Waals surface area contributed by atoms with Gasteiger partial charge in [-0.1, -0.05) is 72.8 Å². The quantitative estimate of drug-likeness (QED) is 0.0296. The molecule has 75 heavy (non-hydrogen) atoms. The molecule has 0 saturated heterocycles. The summed E-state index contributed by atoms with van der Waals surface area (Å²) in [6.45, 7) is 0. The number of nitro benzene ring substituents is 1. The highest BCUT2D eigenvalue weighted by atomic mass is 16.6. The number of methoxy groups -OCH3 is 5. The second-order valence-corrected chi connectivity index (χ2v) is 16.3. The molecule has 0 unspecified atom stereocenters. The van der Waals surface area contributed by atoms with Crippen molar-refractivity contribution in [3.63, 3.8) is 0 Å². The fourth-order valence-electron chi connectivity index (χ4n) is 7.39. The van der Waals surface area contributed by atoms with Crippen LogP contribution in [0.15, 0.2) is 180 Å². The molecule has 8 aromatic carbocycles. The Morgan fingerprint density at radius 1 is 0.440 bits per heavy atom. The second-order valence-electron chi connectivity index (χ2n) is 16.3. The van der Waals surface area contributed by atoms with E-state index in [2.05, 4.69) is 10.2 Å². The van der Waals surface area contributed by atoms with Crippen molar-refractivity contribution >= 4 is 40.7 Å². The molecular weight excluding hydrogens is 961 g/mol. The summed E-state index contributed by atoms with van der Waals surface area (Å²) in [5.74, 6) is -0.164. The van der Waals surface area contributed by atoms with Crippen LogP contribution in [0.1, 0.15) is 31.1 Å². The number of rotatable bonds is 17. The van der Waals surface area contributed by atoms with Crippen LogP contribution in [-0.4, -0.2) is 77.6 Å². The van der Waals surface area contributed by atoms with Gasteiger partial charge in [0.15, 0.2) is 11.5 Å². The molecule has 17 heteroatoms. The molecule has 17 nitrogen and oxygen atoms in total. The molecule has 0 bridgehead atoms. The Balaban J connectivity index is 0.000000407. The van der Waals surface area contributed by atoms with Crippen LogP contribution >= 0.6 is 0 Å². The van der Waals surface area contributed by atoms with Gasteiger partial charge >= 0.3 is 23.6 Å². The highest BCUT2D eigenvalue weighted by molar-refractivity contribution is 5.94. The van der Waals surface area contributed by atoms with Crippen LogP contribution in [0.3, 0.4) is 0 Å². The Morgan fingerprint density at radius 2 is 0.773 bits per heavy atom. The van der Waals surface area contributed by atoms with E-state index < -0.39 is 34.3 Å². The van der Waals surface area contributed by atoms with Crippen molar-refractivity contribution in [3.8, 4) is 73.6 Å². The predicted octanol–water partition coefficient (Wildman–Crippen LogP) is 12.9. The van der Waals surface area contributed by atoms with Crippen molar-refractivity contribution in [3.05, 3.63) is 197 Å². The molecule has 8 aromatic rings. The molecule has 380 valence electrons. The average Bonchev–Trinajstić information content (AvgIpc) is 3.44. The van der Waals surface area contributed by atoms with Gasteiger partial charge in [0, 0.05) is 32.3 Å². The first-order chi connectivity index (χ1) is 36.2. The third kappa shape index (κ3) is 13.1. The van der Waals surface area contributed by atoms with Gasteiger partial charge in [-0.05, 0) is 106 Å². The van der Waals surface area contributed by atoms with Crippen LogP contribution in [0.5, 0.6) is 40.2 Å². The summed E-state index contributed by atoms with van der Waals surface area (Å²) in [5, 5.41) is 29.6. The first-order valence-corrected chi connectivity index (χ1v) is 22.8. The second kappa shape index (κ2) is 24.4. The molecule has 0 aromatic heterocycles.